The topological polar surface area (TPSA) is 85.6 Å². The van der Waals surface area contributed by atoms with Crippen molar-refractivity contribution in [2.75, 3.05) is 23.4 Å². The molecule has 0 fully saturated rings. The average molecular weight is 408 g/mol. The van der Waals surface area contributed by atoms with Crippen LogP contribution in [0.4, 0.5) is 11.4 Å². The van der Waals surface area contributed by atoms with Crippen molar-refractivity contribution in [3.63, 3.8) is 0 Å². The van der Waals surface area contributed by atoms with Gasteiger partial charge >= 0.3 is 5.69 Å². The molecular weight excluding hydrogens is 384 g/mol. The Morgan fingerprint density at radius 1 is 1.03 bits per heavy atom. The van der Waals surface area contributed by atoms with E-state index in [0.717, 1.165) is 16.6 Å². The molecule has 0 radical (unpaired) electrons. The molecule has 0 atom stereocenters. The van der Waals surface area contributed by atoms with Crippen LogP contribution in [0.15, 0.2) is 41.2 Å². The molecule has 0 saturated carbocycles. The molecule has 8 heteroatoms. The zero-order valence-corrected chi connectivity index (χ0v) is 17.3. The first kappa shape index (κ1) is 19.8. The van der Waals surface area contributed by atoms with Gasteiger partial charge in [-0.1, -0.05) is 6.07 Å². The summed E-state index contributed by atoms with van der Waals surface area (Å²) in [4.78, 5) is 39.0. The first-order valence-corrected chi connectivity index (χ1v) is 9.99. The van der Waals surface area contributed by atoms with Crippen LogP contribution in [0.1, 0.15) is 19.4 Å². The van der Waals surface area contributed by atoms with E-state index in [4.69, 9.17) is 4.74 Å². The number of imidazole rings is 1. The monoisotopic (exact) mass is 408 g/mol. The first-order valence-electron chi connectivity index (χ1n) is 9.99. The predicted molar refractivity (Wildman–Crippen MR) is 115 cm³/mol. The molecule has 0 unspecified atom stereocenters. The maximum absolute atomic E-state index is 12.7. The highest BCUT2D eigenvalue weighted by Crippen LogP contribution is 2.32. The molecule has 0 aliphatic carbocycles. The number of ether oxygens (including phenoxy) is 1. The molecule has 1 aromatic heterocycles. The predicted octanol–water partition coefficient (Wildman–Crippen LogP) is 2.52. The van der Waals surface area contributed by atoms with Crippen molar-refractivity contribution in [3.05, 3.63) is 52.4 Å². The standard InChI is InChI=1S/C22H24N4O4/c1-4-24-16-8-7-15(11-17(16)25(5-2)22(24)29)23-20(27)12-26-18-10-14(3)6-9-19(18)30-13-21(26)28/h6-11H,4-5,12-13H2,1-3H3,(H,23,27). The van der Waals surface area contributed by atoms with Gasteiger partial charge < -0.3 is 10.1 Å². The number of carbonyl (C=O) groups is 2. The third kappa shape index (κ3) is 3.34. The van der Waals surface area contributed by atoms with Crippen molar-refractivity contribution in [1.29, 1.82) is 0 Å². The van der Waals surface area contributed by atoms with E-state index in [1.54, 1.807) is 27.3 Å². The molecule has 2 aromatic carbocycles. The van der Waals surface area contributed by atoms with Crippen molar-refractivity contribution in [2.24, 2.45) is 0 Å². The van der Waals surface area contributed by atoms with Gasteiger partial charge in [0.2, 0.25) is 5.91 Å². The summed E-state index contributed by atoms with van der Waals surface area (Å²) in [6, 6.07) is 10.9. The molecular formula is C22H24N4O4. The second kappa shape index (κ2) is 7.70. The van der Waals surface area contributed by atoms with Gasteiger partial charge in [0.25, 0.3) is 5.91 Å². The number of aromatic nitrogens is 2. The number of carbonyl (C=O) groups excluding carboxylic acids is 2. The molecule has 8 nitrogen and oxygen atoms in total. The Kier molecular flexibility index (Phi) is 5.07. The number of rotatable bonds is 5. The zero-order chi connectivity index (χ0) is 21.4. The lowest BCUT2D eigenvalue weighted by atomic mass is 10.1. The van der Waals surface area contributed by atoms with Gasteiger partial charge in [-0.2, -0.15) is 0 Å². The van der Waals surface area contributed by atoms with E-state index in [1.165, 1.54) is 4.90 Å². The Morgan fingerprint density at radius 2 is 1.77 bits per heavy atom. The Hall–Kier alpha value is -3.55. The number of nitrogens with one attached hydrogen (secondary N) is 1. The minimum Gasteiger partial charge on any atom is -0.482 e. The molecule has 0 spiro atoms. The molecule has 30 heavy (non-hydrogen) atoms. The summed E-state index contributed by atoms with van der Waals surface area (Å²) in [6.45, 7) is 6.66. The van der Waals surface area contributed by atoms with E-state index in [-0.39, 0.29) is 30.7 Å². The van der Waals surface area contributed by atoms with E-state index in [1.807, 2.05) is 39.0 Å². The lowest BCUT2D eigenvalue weighted by Crippen LogP contribution is -2.43. The number of nitrogens with zero attached hydrogens (tertiary/aromatic N) is 3. The van der Waals surface area contributed by atoms with Crippen LogP contribution in [0.25, 0.3) is 11.0 Å². The molecule has 0 bridgehead atoms. The van der Waals surface area contributed by atoms with Gasteiger partial charge in [0.15, 0.2) is 6.61 Å². The van der Waals surface area contributed by atoms with Gasteiger partial charge in [0, 0.05) is 18.8 Å². The maximum atomic E-state index is 12.7. The van der Waals surface area contributed by atoms with Crippen molar-refractivity contribution < 1.29 is 14.3 Å². The molecule has 1 aliphatic heterocycles. The number of amides is 2. The zero-order valence-electron chi connectivity index (χ0n) is 17.3. The lowest BCUT2D eigenvalue weighted by molar-refractivity contribution is -0.123. The highest BCUT2D eigenvalue weighted by atomic mass is 16.5. The fourth-order valence-corrected chi connectivity index (χ4v) is 3.84. The fraction of sp³-hybridized carbons (Fsp3) is 0.318. The minimum absolute atomic E-state index is 0.0654. The molecule has 4 rings (SSSR count). The Labute approximate surface area is 173 Å². The van der Waals surface area contributed by atoms with Crippen molar-refractivity contribution >= 4 is 34.2 Å². The number of benzene rings is 2. The molecule has 156 valence electrons. The van der Waals surface area contributed by atoms with Gasteiger partial charge in [-0.3, -0.25) is 23.6 Å². The Balaban J connectivity index is 1.59. The van der Waals surface area contributed by atoms with E-state index in [9.17, 15) is 14.4 Å². The van der Waals surface area contributed by atoms with E-state index < -0.39 is 0 Å². The van der Waals surface area contributed by atoms with Crippen molar-refractivity contribution in [3.8, 4) is 5.75 Å². The quantitative estimate of drug-likeness (QED) is 0.703. The van der Waals surface area contributed by atoms with E-state index in [0.29, 0.717) is 30.2 Å². The van der Waals surface area contributed by atoms with Gasteiger partial charge in [0.05, 0.1) is 16.7 Å². The molecule has 1 aliphatic rings. The van der Waals surface area contributed by atoms with E-state index in [2.05, 4.69) is 5.32 Å². The van der Waals surface area contributed by atoms with Crippen LogP contribution in [-0.4, -0.2) is 34.1 Å². The normalized spacial score (nSPS) is 13.3. The van der Waals surface area contributed by atoms with E-state index >= 15 is 0 Å². The third-order valence-electron chi connectivity index (χ3n) is 5.29. The number of aryl methyl sites for hydroxylation is 3. The maximum Gasteiger partial charge on any atom is 0.329 e. The minimum atomic E-state index is -0.322. The summed E-state index contributed by atoms with van der Waals surface area (Å²) < 4.78 is 8.85. The highest BCUT2D eigenvalue weighted by Gasteiger charge is 2.27. The number of fused-ring (bicyclic) bond motifs is 2. The largest absolute Gasteiger partial charge is 0.482 e. The summed E-state index contributed by atoms with van der Waals surface area (Å²) in [5, 5.41) is 2.85. The summed E-state index contributed by atoms with van der Waals surface area (Å²) in [6.07, 6.45) is 0. The Morgan fingerprint density at radius 3 is 2.50 bits per heavy atom. The summed E-state index contributed by atoms with van der Waals surface area (Å²) in [7, 11) is 0. The van der Waals surface area contributed by atoms with Crippen LogP contribution < -0.4 is 20.6 Å². The van der Waals surface area contributed by atoms with Gasteiger partial charge in [-0.15, -0.1) is 0 Å². The summed E-state index contributed by atoms with van der Waals surface area (Å²) in [5.41, 5.74) is 3.68. The molecule has 2 amide bonds. The summed E-state index contributed by atoms with van der Waals surface area (Å²) >= 11 is 0. The van der Waals surface area contributed by atoms with Crippen LogP contribution in [0.3, 0.4) is 0 Å². The number of hydrogen-bond donors (Lipinski definition) is 1. The first-order chi connectivity index (χ1) is 14.4. The smallest absolute Gasteiger partial charge is 0.329 e. The van der Waals surface area contributed by atoms with Gasteiger partial charge in [-0.25, -0.2) is 4.79 Å². The lowest BCUT2D eigenvalue weighted by Gasteiger charge is -2.29. The molecule has 3 aromatic rings. The SMILES string of the molecule is CCn1c(=O)n(CC)c2cc(NC(=O)CN3C(=O)COc4ccc(C)cc43)ccc21. The molecule has 2 heterocycles. The summed E-state index contributed by atoms with van der Waals surface area (Å²) in [5.74, 6) is -0.00166. The average Bonchev–Trinajstić information content (AvgIpc) is 2.99. The number of hydrogen-bond acceptors (Lipinski definition) is 4. The Bertz CT molecular complexity index is 1210. The van der Waals surface area contributed by atoms with Crippen LogP contribution >= 0.6 is 0 Å². The van der Waals surface area contributed by atoms with Crippen LogP contribution in [0.2, 0.25) is 0 Å². The third-order valence-corrected chi connectivity index (χ3v) is 5.29. The second-order valence-corrected chi connectivity index (χ2v) is 7.26. The number of anilines is 2. The second-order valence-electron chi connectivity index (χ2n) is 7.26. The van der Waals surface area contributed by atoms with Crippen LogP contribution in [0.5, 0.6) is 5.75 Å². The fourth-order valence-electron chi connectivity index (χ4n) is 3.84. The van der Waals surface area contributed by atoms with Gasteiger partial charge in [0.1, 0.15) is 12.3 Å². The highest BCUT2D eigenvalue weighted by molar-refractivity contribution is 6.05. The molecule has 0 saturated heterocycles. The van der Waals surface area contributed by atoms with Crippen molar-refractivity contribution in [2.45, 2.75) is 33.9 Å². The van der Waals surface area contributed by atoms with Crippen LogP contribution in [-0.2, 0) is 22.7 Å². The molecule has 1 N–H and O–H groups in total. The van der Waals surface area contributed by atoms with Crippen molar-refractivity contribution in [1.82, 2.24) is 9.13 Å². The van der Waals surface area contributed by atoms with Crippen LogP contribution in [0, 0.1) is 6.92 Å². The van der Waals surface area contributed by atoms with Gasteiger partial charge in [-0.05, 0) is 56.7 Å².